The lowest BCUT2D eigenvalue weighted by atomic mass is 10.1. The molecular formula is C28H34FN5O5S. The molecule has 1 aromatic carbocycles. The molecule has 3 heterocycles. The van der Waals surface area contributed by atoms with Crippen LogP contribution in [0.2, 0.25) is 0 Å². The first-order valence-electron chi connectivity index (χ1n) is 12.7. The molecule has 0 atom stereocenters. The number of carbonyl (C=O) groups excluding carboxylic acids is 1. The largest absolute Gasteiger partial charge is 0.493 e. The number of aromatic nitrogens is 4. The minimum absolute atomic E-state index is 0. The van der Waals surface area contributed by atoms with Gasteiger partial charge in [0, 0.05) is 45.5 Å². The van der Waals surface area contributed by atoms with E-state index < -0.39 is 21.7 Å². The Morgan fingerprint density at radius 2 is 1.93 bits per heavy atom. The number of hydrogen-bond acceptors (Lipinski definition) is 8. The van der Waals surface area contributed by atoms with Crippen LogP contribution in [0.1, 0.15) is 39.2 Å². The molecule has 0 aliphatic rings. The van der Waals surface area contributed by atoms with Gasteiger partial charge in [0.05, 0.1) is 18.9 Å². The van der Waals surface area contributed by atoms with Gasteiger partial charge in [0.1, 0.15) is 17.1 Å². The zero-order valence-corrected chi connectivity index (χ0v) is 23.2. The molecule has 12 heteroatoms. The van der Waals surface area contributed by atoms with Gasteiger partial charge >= 0.3 is 0 Å². The van der Waals surface area contributed by atoms with Gasteiger partial charge < -0.3 is 9.47 Å². The topological polar surface area (TPSA) is 125 Å². The highest BCUT2D eigenvalue weighted by molar-refractivity contribution is 7.90. The number of nitrogens with one attached hydrogen (secondary N) is 1. The SMILES string of the molecule is Cc1cccc(S(=O)(=O)NC(=O)c2ccc(-c3cc(F)cc(OCC(C)C)c3)nc2OCCCn2cccn2)n1.[HH].[HH]. The fourth-order valence-electron chi connectivity index (χ4n) is 3.67. The van der Waals surface area contributed by atoms with Crippen molar-refractivity contribution in [3.8, 4) is 22.9 Å². The van der Waals surface area contributed by atoms with Crippen LogP contribution in [-0.2, 0) is 16.6 Å². The predicted molar refractivity (Wildman–Crippen MR) is 150 cm³/mol. The van der Waals surface area contributed by atoms with Crippen molar-refractivity contribution in [2.75, 3.05) is 13.2 Å². The van der Waals surface area contributed by atoms with Crippen LogP contribution in [0.3, 0.4) is 0 Å². The average Bonchev–Trinajstić information content (AvgIpc) is 3.43. The highest BCUT2D eigenvalue weighted by Crippen LogP contribution is 2.28. The number of nitrogens with zero attached hydrogens (tertiary/aromatic N) is 4. The summed E-state index contributed by atoms with van der Waals surface area (Å²) < 4.78 is 55.4. The van der Waals surface area contributed by atoms with Crippen LogP contribution >= 0.6 is 0 Å². The molecule has 3 aromatic heterocycles. The quantitative estimate of drug-likeness (QED) is 0.238. The minimum atomic E-state index is -4.26. The van der Waals surface area contributed by atoms with Gasteiger partial charge in [-0.25, -0.2) is 19.1 Å². The van der Waals surface area contributed by atoms with Crippen LogP contribution < -0.4 is 14.2 Å². The number of carbonyl (C=O) groups is 1. The summed E-state index contributed by atoms with van der Waals surface area (Å²) in [5.41, 5.74) is 1.10. The Hall–Kier alpha value is -4.32. The number of sulfonamides is 1. The Bertz CT molecular complexity index is 1590. The summed E-state index contributed by atoms with van der Waals surface area (Å²) in [6.07, 6.45) is 4.01. The number of halogens is 1. The second-order valence-corrected chi connectivity index (χ2v) is 11.1. The number of ether oxygens (including phenoxy) is 2. The lowest BCUT2D eigenvalue weighted by Crippen LogP contribution is -2.31. The van der Waals surface area contributed by atoms with E-state index in [2.05, 4.69) is 15.1 Å². The number of rotatable bonds is 12. The van der Waals surface area contributed by atoms with E-state index in [0.29, 0.717) is 42.3 Å². The maximum Gasteiger partial charge on any atom is 0.281 e. The molecule has 0 unspecified atom stereocenters. The van der Waals surface area contributed by atoms with Crippen LogP contribution in [0, 0.1) is 18.7 Å². The van der Waals surface area contributed by atoms with E-state index in [4.69, 9.17) is 9.47 Å². The molecule has 40 heavy (non-hydrogen) atoms. The van der Waals surface area contributed by atoms with Crippen LogP contribution in [0.15, 0.2) is 72.0 Å². The summed E-state index contributed by atoms with van der Waals surface area (Å²) in [5.74, 6) is -0.971. The molecule has 0 aliphatic heterocycles. The van der Waals surface area contributed by atoms with Gasteiger partial charge in [-0.15, -0.1) is 0 Å². The Balaban J connectivity index is 0.00000308. The van der Waals surface area contributed by atoms with E-state index in [-0.39, 0.29) is 31.8 Å². The summed E-state index contributed by atoms with van der Waals surface area (Å²) in [7, 11) is -4.26. The summed E-state index contributed by atoms with van der Waals surface area (Å²) in [5, 5.41) is 3.85. The molecule has 0 saturated heterocycles. The number of amides is 1. The summed E-state index contributed by atoms with van der Waals surface area (Å²) in [4.78, 5) is 21.6. The van der Waals surface area contributed by atoms with Crippen molar-refractivity contribution in [2.45, 2.75) is 38.8 Å². The maximum atomic E-state index is 14.4. The number of benzene rings is 1. The third kappa shape index (κ3) is 7.63. The van der Waals surface area contributed by atoms with Crippen molar-refractivity contribution < 1.29 is 29.9 Å². The Morgan fingerprint density at radius 3 is 2.65 bits per heavy atom. The second kappa shape index (κ2) is 12.7. The maximum absolute atomic E-state index is 14.4. The zero-order chi connectivity index (χ0) is 28.7. The molecule has 0 aliphatic carbocycles. The van der Waals surface area contributed by atoms with Gasteiger partial charge in [-0.3, -0.25) is 9.48 Å². The molecule has 1 amide bonds. The molecular weight excluding hydrogens is 537 g/mol. The molecule has 0 spiro atoms. The number of pyridine rings is 2. The van der Waals surface area contributed by atoms with Gasteiger partial charge in [0.2, 0.25) is 5.88 Å². The Kier molecular flexibility index (Phi) is 9.10. The lowest BCUT2D eigenvalue weighted by Gasteiger charge is -2.14. The normalized spacial score (nSPS) is 11.4. The van der Waals surface area contributed by atoms with Crippen molar-refractivity contribution in [2.24, 2.45) is 5.92 Å². The third-order valence-electron chi connectivity index (χ3n) is 5.55. The molecule has 10 nitrogen and oxygen atoms in total. The smallest absolute Gasteiger partial charge is 0.281 e. The standard InChI is InChI=1S/C28H30FN5O5S.2H2/c1-19(2)18-39-23-16-21(15-22(29)17-23)25-10-9-24(28(32-25)38-14-6-13-34-12-5-11-30-34)27(35)33-40(36,37)26-8-4-7-20(3)31-26;;/h4-5,7-12,15-17,19H,6,13-14,18H2,1-3H3,(H,33,35);2*1H. The fourth-order valence-corrected chi connectivity index (χ4v) is 4.65. The minimum Gasteiger partial charge on any atom is -0.493 e. The average molecular weight is 572 g/mol. The number of aryl methyl sites for hydroxylation is 2. The molecule has 0 fully saturated rings. The Morgan fingerprint density at radius 1 is 1.10 bits per heavy atom. The van der Waals surface area contributed by atoms with Gasteiger partial charge in [-0.05, 0) is 55.3 Å². The van der Waals surface area contributed by atoms with E-state index >= 15 is 0 Å². The van der Waals surface area contributed by atoms with Crippen molar-refractivity contribution in [3.05, 3.63) is 84.1 Å². The van der Waals surface area contributed by atoms with Crippen molar-refractivity contribution in [1.29, 1.82) is 0 Å². The highest BCUT2D eigenvalue weighted by Gasteiger charge is 2.24. The molecule has 0 radical (unpaired) electrons. The summed E-state index contributed by atoms with van der Waals surface area (Å²) >= 11 is 0. The van der Waals surface area contributed by atoms with Crippen molar-refractivity contribution in [3.63, 3.8) is 0 Å². The van der Waals surface area contributed by atoms with E-state index in [1.807, 2.05) is 24.8 Å². The van der Waals surface area contributed by atoms with Crippen LogP contribution in [-0.4, -0.2) is 47.3 Å². The molecule has 0 saturated carbocycles. The second-order valence-electron chi connectivity index (χ2n) is 9.45. The van der Waals surface area contributed by atoms with Gasteiger partial charge in [-0.2, -0.15) is 13.5 Å². The fraction of sp³-hybridized carbons (Fsp3) is 0.286. The van der Waals surface area contributed by atoms with Crippen molar-refractivity contribution in [1.82, 2.24) is 24.5 Å². The molecule has 1 N–H and O–H groups in total. The van der Waals surface area contributed by atoms with Crippen LogP contribution in [0.4, 0.5) is 4.39 Å². The number of hydrogen-bond donors (Lipinski definition) is 1. The van der Waals surface area contributed by atoms with Gasteiger partial charge in [0.15, 0.2) is 5.03 Å². The van der Waals surface area contributed by atoms with Gasteiger partial charge in [-0.1, -0.05) is 19.9 Å². The molecule has 0 bridgehead atoms. The summed E-state index contributed by atoms with van der Waals surface area (Å²) in [6.45, 7) is 6.74. The molecule has 214 valence electrons. The molecule has 4 aromatic rings. The highest BCUT2D eigenvalue weighted by atomic mass is 32.2. The monoisotopic (exact) mass is 571 g/mol. The van der Waals surface area contributed by atoms with Gasteiger partial charge in [0.25, 0.3) is 15.9 Å². The van der Waals surface area contributed by atoms with Crippen LogP contribution in [0.25, 0.3) is 11.3 Å². The predicted octanol–water partition coefficient (Wildman–Crippen LogP) is 4.90. The first-order chi connectivity index (χ1) is 19.1. The van der Waals surface area contributed by atoms with E-state index in [0.717, 1.165) is 0 Å². The van der Waals surface area contributed by atoms with Crippen molar-refractivity contribution >= 4 is 15.9 Å². The third-order valence-corrected chi connectivity index (χ3v) is 6.78. The zero-order valence-electron chi connectivity index (χ0n) is 22.4. The first kappa shape index (κ1) is 28.7. The Labute approximate surface area is 235 Å². The summed E-state index contributed by atoms with van der Waals surface area (Å²) in [6, 6.07) is 13.4. The molecule has 4 rings (SSSR count). The van der Waals surface area contributed by atoms with E-state index in [1.165, 1.54) is 36.4 Å². The van der Waals surface area contributed by atoms with E-state index in [9.17, 15) is 17.6 Å². The first-order valence-corrected chi connectivity index (χ1v) is 14.1. The lowest BCUT2D eigenvalue weighted by molar-refractivity contribution is 0.0976. The van der Waals surface area contributed by atoms with Crippen LogP contribution in [0.5, 0.6) is 11.6 Å². The van der Waals surface area contributed by atoms with E-state index in [1.54, 1.807) is 36.0 Å².